The molecule has 3 heterocycles. The number of benzene rings is 6. The number of para-hydroxylation sites is 2. The third kappa shape index (κ3) is 4.18. The summed E-state index contributed by atoms with van der Waals surface area (Å²) in [6.45, 7) is 0. The zero-order valence-electron chi connectivity index (χ0n) is 26.2. The van der Waals surface area contributed by atoms with Gasteiger partial charge in [0.25, 0.3) is 0 Å². The maximum Gasteiger partial charge on any atom is 0.131 e. The second-order valence-electron chi connectivity index (χ2n) is 12.7. The number of pyridine rings is 1. The van der Waals surface area contributed by atoms with Crippen LogP contribution in [0.2, 0.25) is 0 Å². The van der Waals surface area contributed by atoms with Crippen molar-refractivity contribution in [3.63, 3.8) is 0 Å². The molecule has 0 saturated carbocycles. The van der Waals surface area contributed by atoms with Gasteiger partial charge >= 0.3 is 0 Å². The Kier molecular flexibility index (Phi) is 6.00. The highest BCUT2D eigenvalue weighted by Crippen LogP contribution is 2.51. The number of aromatic nitrogens is 2. The molecule has 0 bridgehead atoms. The highest BCUT2D eigenvalue weighted by atomic mass is 16.5. The first-order valence-electron chi connectivity index (χ1n) is 16.6. The summed E-state index contributed by atoms with van der Waals surface area (Å²) >= 11 is 0. The molecule has 10 rings (SSSR count). The van der Waals surface area contributed by atoms with Crippen LogP contribution in [0.5, 0.6) is 5.75 Å². The Morgan fingerprint density at radius 2 is 1.29 bits per heavy atom. The third-order valence-electron chi connectivity index (χ3n) is 9.95. The van der Waals surface area contributed by atoms with E-state index in [1.807, 2.05) is 6.07 Å². The lowest BCUT2D eigenvalue weighted by Crippen LogP contribution is -2.07. The lowest BCUT2D eigenvalue weighted by atomic mass is 9.85. The highest BCUT2D eigenvalue weighted by molar-refractivity contribution is 6.11. The summed E-state index contributed by atoms with van der Waals surface area (Å²) in [6.07, 6.45) is 5.51. The number of hydrogen-bond donors (Lipinski definition) is 0. The Labute approximate surface area is 278 Å². The number of hydrogen-bond acceptors (Lipinski definition) is 2. The van der Waals surface area contributed by atoms with Gasteiger partial charge in [0.1, 0.15) is 11.5 Å². The largest absolute Gasteiger partial charge is 0.461 e. The molecule has 2 aliphatic rings. The third-order valence-corrected chi connectivity index (χ3v) is 9.95. The molecule has 0 N–H and O–H groups in total. The maximum atomic E-state index is 6.72. The van der Waals surface area contributed by atoms with Gasteiger partial charge in [0.2, 0.25) is 0 Å². The van der Waals surface area contributed by atoms with Crippen molar-refractivity contribution in [2.45, 2.75) is 12.3 Å². The molecule has 48 heavy (non-hydrogen) atoms. The van der Waals surface area contributed by atoms with Gasteiger partial charge in [0.05, 0.1) is 28.2 Å². The summed E-state index contributed by atoms with van der Waals surface area (Å²) in [5.41, 5.74) is 12.7. The molecule has 2 aromatic heterocycles. The van der Waals surface area contributed by atoms with Gasteiger partial charge < -0.3 is 9.30 Å². The monoisotopic (exact) mass is 614 g/mol. The van der Waals surface area contributed by atoms with Gasteiger partial charge in [-0.1, -0.05) is 121 Å². The lowest BCUT2D eigenvalue weighted by Gasteiger charge is -2.20. The van der Waals surface area contributed by atoms with Gasteiger partial charge in [-0.05, 0) is 65.1 Å². The average Bonchev–Trinajstić information content (AvgIpc) is 3.70. The molecule has 8 aromatic rings. The number of ether oxygens (including phenoxy) is 1. The van der Waals surface area contributed by atoms with E-state index in [0.717, 1.165) is 45.8 Å². The first kappa shape index (κ1) is 27.0. The van der Waals surface area contributed by atoms with Crippen molar-refractivity contribution in [2.24, 2.45) is 0 Å². The van der Waals surface area contributed by atoms with E-state index in [2.05, 4.69) is 162 Å². The first-order valence-corrected chi connectivity index (χ1v) is 16.6. The van der Waals surface area contributed by atoms with E-state index >= 15 is 0 Å². The van der Waals surface area contributed by atoms with E-state index in [-0.39, 0.29) is 5.92 Å². The van der Waals surface area contributed by atoms with E-state index in [1.54, 1.807) is 0 Å². The van der Waals surface area contributed by atoms with Crippen molar-refractivity contribution < 1.29 is 4.74 Å². The standard InChI is InChI=1S/C45H30N2O/c1-3-12-29(13-4-1)31-22-25-42-38(26-31)34-17-8-10-20-41(34)47(42)32-23-24-36-44(27-32)48-43-21-11-18-35(45(36)43)37-28-40(30-14-5-2-6-15-30)46-39-19-9-7-16-33(37)39/h1-23,25-28,36H,24H2. The molecule has 0 saturated heterocycles. The minimum atomic E-state index is 0.143. The van der Waals surface area contributed by atoms with Crippen molar-refractivity contribution in [1.82, 2.24) is 9.55 Å². The predicted octanol–water partition coefficient (Wildman–Crippen LogP) is 11.6. The number of nitrogens with zero attached hydrogens (tertiary/aromatic N) is 2. The molecule has 1 aliphatic carbocycles. The number of rotatable bonds is 4. The van der Waals surface area contributed by atoms with Crippen LogP contribution in [0.4, 0.5) is 0 Å². The molecule has 226 valence electrons. The fourth-order valence-corrected chi connectivity index (χ4v) is 7.75. The van der Waals surface area contributed by atoms with Crippen LogP contribution in [-0.4, -0.2) is 9.55 Å². The topological polar surface area (TPSA) is 27.1 Å². The zero-order chi connectivity index (χ0) is 31.6. The molecule has 0 radical (unpaired) electrons. The van der Waals surface area contributed by atoms with Crippen molar-refractivity contribution in [3.05, 3.63) is 175 Å². The number of allylic oxidation sites excluding steroid dienone is 4. The Bertz CT molecular complexity index is 2610. The maximum absolute atomic E-state index is 6.72. The Hall–Kier alpha value is -6.19. The average molecular weight is 615 g/mol. The van der Waals surface area contributed by atoms with Gasteiger partial charge in [-0.3, -0.25) is 0 Å². The second kappa shape index (κ2) is 10.7. The number of fused-ring (bicyclic) bond motifs is 7. The van der Waals surface area contributed by atoms with Gasteiger partial charge in [-0.25, -0.2) is 4.98 Å². The van der Waals surface area contributed by atoms with Crippen molar-refractivity contribution in [2.75, 3.05) is 0 Å². The molecule has 3 nitrogen and oxygen atoms in total. The minimum Gasteiger partial charge on any atom is -0.461 e. The van der Waals surface area contributed by atoms with Gasteiger partial charge in [0, 0.05) is 39.1 Å². The molecular formula is C45H30N2O. The van der Waals surface area contributed by atoms with Crippen LogP contribution < -0.4 is 4.74 Å². The molecule has 0 fully saturated rings. The van der Waals surface area contributed by atoms with Crippen LogP contribution in [0.1, 0.15) is 17.9 Å². The Balaban J connectivity index is 1.09. The normalized spacial score (nSPS) is 15.2. The molecule has 6 aromatic carbocycles. The summed E-state index contributed by atoms with van der Waals surface area (Å²) in [5, 5.41) is 3.66. The van der Waals surface area contributed by atoms with E-state index < -0.39 is 0 Å². The van der Waals surface area contributed by atoms with Crippen molar-refractivity contribution in [3.8, 4) is 39.3 Å². The molecule has 0 spiro atoms. The quantitative estimate of drug-likeness (QED) is 0.197. The van der Waals surface area contributed by atoms with Crippen LogP contribution in [0.3, 0.4) is 0 Å². The van der Waals surface area contributed by atoms with E-state index in [1.165, 1.54) is 49.6 Å². The summed E-state index contributed by atoms with van der Waals surface area (Å²) in [6, 6.07) is 53.8. The second-order valence-corrected chi connectivity index (χ2v) is 12.7. The SMILES string of the molecule is C1=C2Oc3cccc(-c4cc(-c5ccccc5)nc5ccccc45)c3C2CC=C1n1c2ccccc2c2cc(-c3ccccc3)ccc21. The van der Waals surface area contributed by atoms with Crippen LogP contribution in [-0.2, 0) is 0 Å². The summed E-state index contributed by atoms with van der Waals surface area (Å²) < 4.78 is 9.12. The Morgan fingerprint density at radius 3 is 2.15 bits per heavy atom. The van der Waals surface area contributed by atoms with Crippen molar-refractivity contribution >= 4 is 38.4 Å². The molecule has 1 atom stereocenters. The smallest absolute Gasteiger partial charge is 0.131 e. The van der Waals surface area contributed by atoms with Crippen LogP contribution in [0.15, 0.2) is 170 Å². The van der Waals surface area contributed by atoms with E-state index in [9.17, 15) is 0 Å². The first-order chi connectivity index (χ1) is 23.8. The van der Waals surface area contributed by atoms with Crippen LogP contribution >= 0.6 is 0 Å². The summed E-state index contributed by atoms with van der Waals surface area (Å²) in [5.74, 6) is 2.09. The van der Waals surface area contributed by atoms with Gasteiger partial charge in [0.15, 0.2) is 0 Å². The minimum absolute atomic E-state index is 0.143. The molecule has 1 aliphatic heterocycles. The summed E-state index contributed by atoms with van der Waals surface area (Å²) in [4.78, 5) is 5.06. The fourth-order valence-electron chi connectivity index (χ4n) is 7.75. The molecule has 3 heteroatoms. The molecule has 0 amide bonds. The van der Waals surface area contributed by atoms with E-state index in [4.69, 9.17) is 9.72 Å². The fraction of sp³-hybridized carbons (Fsp3) is 0.0444. The van der Waals surface area contributed by atoms with E-state index in [0.29, 0.717) is 0 Å². The predicted molar refractivity (Wildman–Crippen MR) is 198 cm³/mol. The lowest BCUT2D eigenvalue weighted by molar-refractivity contribution is 0.425. The molecular weight excluding hydrogens is 585 g/mol. The van der Waals surface area contributed by atoms with Gasteiger partial charge in [-0.15, -0.1) is 0 Å². The van der Waals surface area contributed by atoms with Crippen molar-refractivity contribution in [1.29, 1.82) is 0 Å². The molecule has 1 unspecified atom stereocenters. The summed E-state index contributed by atoms with van der Waals surface area (Å²) in [7, 11) is 0. The van der Waals surface area contributed by atoms with Gasteiger partial charge in [-0.2, -0.15) is 0 Å². The van der Waals surface area contributed by atoms with Crippen LogP contribution in [0, 0.1) is 0 Å². The zero-order valence-corrected chi connectivity index (χ0v) is 26.2. The van der Waals surface area contributed by atoms with Crippen LogP contribution in [0.25, 0.3) is 71.9 Å². The Morgan fingerprint density at radius 1 is 0.562 bits per heavy atom. The highest BCUT2D eigenvalue weighted by Gasteiger charge is 2.35.